The first-order valence-electron chi connectivity index (χ1n) is 7.07. The van der Waals surface area contributed by atoms with Crippen molar-refractivity contribution in [1.29, 1.82) is 0 Å². The Bertz CT molecular complexity index is 464. The van der Waals surface area contributed by atoms with Crippen LogP contribution in [-0.4, -0.2) is 16.5 Å². The van der Waals surface area contributed by atoms with Crippen LogP contribution in [0.1, 0.15) is 50.2 Å². The molecule has 2 rings (SSSR count). The van der Waals surface area contributed by atoms with Crippen LogP contribution in [-0.2, 0) is 0 Å². The smallest absolute Gasteiger partial charge is 0.136 e. The molecule has 104 valence electrons. The fourth-order valence-corrected chi connectivity index (χ4v) is 3.31. The predicted octanol–water partition coefficient (Wildman–Crippen LogP) is 3.41. The van der Waals surface area contributed by atoms with E-state index in [1.165, 1.54) is 32.1 Å². The summed E-state index contributed by atoms with van der Waals surface area (Å²) < 4.78 is 0. The molecule has 0 aromatic carbocycles. The molecule has 1 fully saturated rings. The molecule has 0 aliphatic heterocycles. The maximum absolute atomic E-state index is 5.82. The zero-order valence-electron chi connectivity index (χ0n) is 11.8. The fourth-order valence-electron chi connectivity index (χ4n) is 3.05. The lowest BCUT2D eigenvalue weighted by Gasteiger charge is -2.28. The van der Waals surface area contributed by atoms with Crippen LogP contribution < -0.4 is 11.1 Å². The number of aryl methyl sites for hydroxylation is 1. The summed E-state index contributed by atoms with van der Waals surface area (Å²) in [7, 11) is 0. The minimum Gasteiger partial charge on any atom is -0.389 e. The minimum absolute atomic E-state index is 0.421. The van der Waals surface area contributed by atoms with Crippen LogP contribution in [0.5, 0.6) is 0 Å². The van der Waals surface area contributed by atoms with Crippen molar-refractivity contribution in [3.05, 3.63) is 23.4 Å². The van der Waals surface area contributed by atoms with E-state index in [2.05, 4.69) is 17.2 Å². The molecule has 4 heteroatoms. The van der Waals surface area contributed by atoms with Gasteiger partial charge in [-0.3, -0.25) is 0 Å². The van der Waals surface area contributed by atoms with E-state index in [-0.39, 0.29) is 0 Å². The summed E-state index contributed by atoms with van der Waals surface area (Å²) >= 11 is 5.14. The molecule has 19 heavy (non-hydrogen) atoms. The zero-order valence-corrected chi connectivity index (χ0v) is 12.6. The van der Waals surface area contributed by atoms with Gasteiger partial charge in [-0.2, -0.15) is 0 Å². The number of pyridine rings is 1. The van der Waals surface area contributed by atoms with E-state index in [0.717, 1.165) is 23.5 Å². The molecular weight excluding hydrogens is 254 g/mol. The monoisotopic (exact) mass is 277 g/mol. The van der Waals surface area contributed by atoms with Gasteiger partial charge in [0.05, 0.1) is 5.56 Å². The lowest BCUT2D eigenvalue weighted by atomic mass is 9.83. The van der Waals surface area contributed by atoms with Gasteiger partial charge in [-0.05, 0) is 43.2 Å². The first kappa shape index (κ1) is 14.3. The Morgan fingerprint density at radius 1 is 1.47 bits per heavy atom. The molecule has 1 aromatic heterocycles. The number of aromatic nitrogens is 1. The highest BCUT2D eigenvalue weighted by Crippen LogP contribution is 2.41. The minimum atomic E-state index is 0.421. The molecule has 0 amide bonds. The van der Waals surface area contributed by atoms with Gasteiger partial charge in [0.25, 0.3) is 0 Å². The lowest BCUT2D eigenvalue weighted by Crippen LogP contribution is -2.27. The average molecular weight is 277 g/mol. The van der Waals surface area contributed by atoms with Crippen LogP contribution in [0.25, 0.3) is 0 Å². The lowest BCUT2D eigenvalue weighted by molar-refractivity contribution is 0.306. The number of hydrogen-bond acceptors (Lipinski definition) is 3. The van der Waals surface area contributed by atoms with Gasteiger partial charge in [0.1, 0.15) is 10.8 Å². The van der Waals surface area contributed by atoms with Gasteiger partial charge in [0, 0.05) is 12.7 Å². The quantitative estimate of drug-likeness (QED) is 0.810. The van der Waals surface area contributed by atoms with Crippen molar-refractivity contribution < 1.29 is 0 Å². The van der Waals surface area contributed by atoms with Gasteiger partial charge in [0.2, 0.25) is 0 Å². The normalized spacial score (nSPS) is 17.4. The molecule has 1 heterocycles. The third-order valence-corrected chi connectivity index (χ3v) is 4.65. The first-order valence-corrected chi connectivity index (χ1v) is 7.48. The Morgan fingerprint density at radius 2 is 2.16 bits per heavy atom. The van der Waals surface area contributed by atoms with Crippen molar-refractivity contribution in [2.75, 3.05) is 11.9 Å². The zero-order chi connectivity index (χ0) is 13.9. The number of nitrogens with zero attached hydrogens (tertiary/aromatic N) is 1. The Balaban J connectivity index is 2.15. The third-order valence-electron chi connectivity index (χ3n) is 4.45. The van der Waals surface area contributed by atoms with E-state index in [0.29, 0.717) is 10.4 Å². The van der Waals surface area contributed by atoms with E-state index in [4.69, 9.17) is 18.0 Å². The standard InChI is InChI=1S/C15H23N3S/c1-3-15(7-4-5-8-15)10-18-14-12(13(16)19)11(2)6-9-17-14/h6,9H,3-5,7-8,10H2,1-2H3,(H2,16,19)(H,17,18). The number of hydrogen-bond donors (Lipinski definition) is 2. The molecule has 0 unspecified atom stereocenters. The molecule has 0 bridgehead atoms. The summed E-state index contributed by atoms with van der Waals surface area (Å²) in [5, 5.41) is 3.49. The SMILES string of the molecule is CCC1(CNc2nccc(C)c2C(N)=S)CCCC1. The van der Waals surface area contributed by atoms with Crippen molar-refractivity contribution in [3.63, 3.8) is 0 Å². The maximum Gasteiger partial charge on any atom is 0.136 e. The highest BCUT2D eigenvalue weighted by molar-refractivity contribution is 7.80. The van der Waals surface area contributed by atoms with Crippen LogP contribution in [0.2, 0.25) is 0 Å². The molecule has 1 saturated carbocycles. The number of anilines is 1. The Morgan fingerprint density at radius 3 is 2.74 bits per heavy atom. The number of nitrogens with two attached hydrogens (primary N) is 1. The summed E-state index contributed by atoms with van der Waals surface area (Å²) in [6.45, 7) is 5.27. The second-order valence-corrected chi connectivity index (χ2v) is 6.07. The number of thiocarbonyl (C=S) groups is 1. The van der Waals surface area contributed by atoms with Gasteiger partial charge in [-0.15, -0.1) is 0 Å². The predicted molar refractivity (Wildman–Crippen MR) is 84.5 cm³/mol. The topological polar surface area (TPSA) is 50.9 Å². The highest BCUT2D eigenvalue weighted by atomic mass is 32.1. The summed E-state index contributed by atoms with van der Waals surface area (Å²) in [6.07, 6.45) is 8.34. The van der Waals surface area contributed by atoms with Crippen molar-refractivity contribution in [1.82, 2.24) is 4.98 Å². The largest absolute Gasteiger partial charge is 0.389 e. The maximum atomic E-state index is 5.82. The van der Waals surface area contributed by atoms with E-state index in [9.17, 15) is 0 Å². The van der Waals surface area contributed by atoms with Crippen molar-refractivity contribution in [3.8, 4) is 0 Å². The number of nitrogens with one attached hydrogen (secondary N) is 1. The van der Waals surface area contributed by atoms with E-state index in [1.807, 2.05) is 19.2 Å². The fraction of sp³-hybridized carbons (Fsp3) is 0.600. The van der Waals surface area contributed by atoms with Crippen LogP contribution in [0.15, 0.2) is 12.3 Å². The van der Waals surface area contributed by atoms with Gasteiger partial charge >= 0.3 is 0 Å². The summed E-state index contributed by atoms with van der Waals surface area (Å²) in [4.78, 5) is 4.83. The molecule has 0 spiro atoms. The summed E-state index contributed by atoms with van der Waals surface area (Å²) in [5.41, 5.74) is 8.22. The first-order chi connectivity index (χ1) is 9.08. The molecule has 3 N–H and O–H groups in total. The van der Waals surface area contributed by atoms with Crippen molar-refractivity contribution in [2.24, 2.45) is 11.1 Å². The highest BCUT2D eigenvalue weighted by Gasteiger charge is 2.32. The van der Waals surface area contributed by atoms with Gasteiger partial charge in [0.15, 0.2) is 0 Å². The second-order valence-electron chi connectivity index (χ2n) is 5.63. The Hall–Kier alpha value is -1.16. The summed E-state index contributed by atoms with van der Waals surface area (Å²) in [6, 6.07) is 1.95. The molecule has 3 nitrogen and oxygen atoms in total. The van der Waals surface area contributed by atoms with Crippen molar-refractivity contribution >= 4 is 23.0 Å². The molecule has 0 radical (unpaired) electrons. The number of rotatable bonds is 5. The van der Waals surface area contributed by atoms with Crippen molar-refractivity contribution in [2.45, 2.75) is 46.0 Å². The van der Waals surface area contributed by atoms with Gasteiger partial charge in [-0.1, -0.05) is 32.0 Å². The van der Waals surface area contributed by atoms with Gasteiger partial charge < -0.3 is 11.1 Å². The van der Waals surface area contributed by atoms with E-state index in [1.54, 1.807) is 0 Å². The van der Waals surface area contributed by atoms with Crippen LogP contribution >= 0.6 is 12.2 Å². The second kappa shape index (κ2) is 5.87. The molecule has 0 saturated heterocycles. The molecule has 1 aliphatic carbocycles. The Kier molecular flexibility index (Phi) is 4.40. The Labute approximate surface area is 121 Å². The summed E-state index contributed by atoms with van der Waals surface area (Å²) in [5.74, 6) is 0.840. The average Bonchev–Trinajstić information content (AvgIpc) is 2.85. The van der Waals surface area contributed by atoms with Crippen LogP contribution in [0.4, 0.5) is 5.82 Å². The molecule has 1 aromatic rings. The van der Waals surface area contributed by atoms with Crippen LogP contribution in [0.3, 0.4) is 0 Å². The molecule has 0 atom stereocenters. The molecule has 1 aliphatic rings. The third kappa shape index (κ3) is 3.06. The molecular formula is C15H23N3S. The van der Waals surface area contributed by atoms with Crippen LogP contribution in [0, 0.1) is 12.3 Å². The van der Waals surface area contributed by atoms with Gasteiger partial charge in [-0.25, -0.2) is 4.98 Å². The van der Waals surface area contributed by atoms with E-state index < -0.39 is 0 Å². The van der Waals surface area contributed by atoms with E-state index >= 15 is 0 Å².